The normalized spacial score (nSPS) is 16.0. The van der Waals surface area contributed by atoms with Gasteiger partial charge in [0.2, 0.25) is 0 Å². The molecule has 5 rings (SSSR count). The minimum absolute atomic E-state index is 0.245. The fraction of sp³-hybridized carbons (Fsp3) is 0.0400. The summed E-state index contributed by atoms with van der Waals surface area (Å²) in [6, 6.07) is 21.0. The van der Waals surface area contributed by atoms with Gasteiger partial charge in [0.05, 0.1) is 35.9 Å². The van der Waals surface area contributed by atoms with E-state index in [0.29, 0.717) is 15.8 Å². The van der Waals surface area contributed by atoms with Crippen molar-refractivity contribution in [1.29, 1.82) is 0 Å². The number of amidine groups is 1. The molecule has 34 heavy (non-hydrogen) atoms. The first kappa shape index (κ1) is 21.5. The van der Waals surface area contributed by atoms with Crippen LogP contribution >= 0.6 is 11.8 Å². The van der Waals surface area contributed by atoms with Crippen LogP contribution in [0.15, 0.2) is 98.7 Å². The van der Waals surface area contributed by atoms with E-state index in [4.69, 9.17) is 14.3 Å². The number of hydrogen-bond donors (Lipinski definition) is 1. The van der Waals surface area contributed by atoms with E-state index in [9.17, 15) is 4.79 Å². The number of nitrogens with zero attached hydrogens (tertiary/aromatic N) is 4. The van der Waals surface area contributed by atoms with Crippen molar-refractivity contribution in [1.82, 2.24) is 15.1 Å². The zero-order valence-corrected chi connectivity index (χ0v) is 18.9. The third-order valence-corrected chi connectivity index (χ3v) is 5.84. The maximum absolute atomic E-state index is 12.6. The van der Waals surface area contributed by atoms with Crippen LogP contribution in [0.25, 0.3) is 23.0 Å². The molecule has 8 nitrogen and oxygen atoms in total. The van der Waals surface area contributed by atoms with E-state index in [1.807, 2.05) is 66.9 Å². The van der Waals surface area contributed by atoms with E-state index in [-0.39, 0.29) is 5.91 Å². The second kappa shape index (κ2) is 9.63. The first-order valence-electron chi connectivity index (χ1n) is 10.3. The largest absolute Gasteiger partial charge is 0.497 e. The summed E-state index contributed by atoms with van der Waals surface area (Å²) in [5.41, 5.74) is 3.36. The highest BCUT2D eigenvalue weighted by Gasteiger charge is 2.25. The van der Waals surface area contributed by atoms with Gasteiger partial charge in [0.15, 0.2) is 5.17 Å². The van der Waals surface area contributed by atoms with Gasteiger partial charge in [-0.05, 0) is 66.4 Å². The van der Waals surface area contributed by atoms with Crippen molar-refractivity contribution >= 4 is 35.1 Å². The standard InChI is InChI=1S/C25H19N5O3S/c1-32-20-11-9-17(10-12-20)23-18(16-30(29-23)19-6-3-2-4-7-19)14-22-24(31)27-25(34-22)28-26-15-21-8-5-13-33-21/h2-16H,1H3,(H,27,28,31)/b22-14+,26-15+. The second-order valence-electron chi connectivity index (χ2n) is 7.17. The number of benzene rings is 2. The van der Waals surface area contributed by atoms with Crippen molar-refractivity contribution in [2.45, 2.75) is 0 Å². The van der Waals surface area contributed by atoms with Crippen molar-refractivity contribution in [3.8, 4) is 22.7 Å². The fourth-order valence-electron chi connectivity index (χ4n) is 3.30. The maximum Gasteiger partial charge on any atom is 0.264 e. The molecular formula is C25H19N5O3S. The molecule has 0 bridgehead atoms. The number of rotatable bonds is 6. The summed E-state index contributed by atoms with van der Waals surface area (Å²) in [5.74, 6) is 1.09. The lowest BCUT2D eigenvalue weighted by Crippen LogP contribution is -2.19. The third kappa shape index (κ3) is 4.69. The first-order valence-corrected chi connectivity index (χ1v) is 11.2. The number of aromatic nitrogens is 2. The van der Waals surface area contributed by atoms with Crippen molar-refractivity contribution < 1.29 is 13.9 Å². The topological polar surface area (TPSA) is 94.0 Å². The quantitative estimate of drug-likeness (QED) is 0.250. The number of hydrogen-bond acceptors (Lipinski definition) is 7. The minimum atomic E-state index is -0.245. The highest BCUT2D eigenvalue weighted by Crippen LogP contribution is 2.31. The van der Waals surface area contributed by atoms with Crippen molar-refractivity contribution in [3.05, 3.63) is 95.4 Å². The Bertz CT molecular complexity index is 1390. The average Bonchev–Trinajstić information content (AvgIpc) is 3.61. The van der Waals surface area contributed by atoms with Crippen LogP contribution in [0.5, 0.6) is 5.75 Å². The first-order chi connectivity index (χ1) is 16.7. The lowest BCUT2D eigenvalue weighted by molar-refractivity contribution is -0.115. The van der Waals surface area contributed by atoms with Gasteiger partial charge < -0.3 is 9.15 Å². The Morgan fingerprint density at radius 2 is 1.91 bits per heavy atom. The molecule has 2 aromatic carbocycles. The maximum atomic E-state index is 12.6. The minimum Gasteiger partial charge on any atom is -0.497 e. The smallest absolute Gasteiger partial charge is 0.264 e. The number of nitrogens with one attached hydrogen (secondary N) is 1. The van der Waals surface area contributed by atoms with Gasteiger partial charge in [-0.1, -0.05) is 18.2 Å². The molecule has 0 spiro atoms. The van der Waals surface area contributed by atoms with E-state index < -0.39 is 0 Å². The van der Waals surface area contributed by atoms with Gasteiger partial charge in [0.25, 0.3) is 5.91 Å². The Morgan fingerprint density at radius 3 is 2.65 bits per heavy atom. The lowest BCUT2D eigenvalue weighted by Gasteiger charge is -2.03. The van der Waals surface area contributed by atoms with Crippen molar-refractivity contribution in [2.75, 3.05) is 7.11 Å². The molecule has 3 heterocycles. The molecular weight excluding hydrogens is 450 g/mol. The van der Waals surface area contributed by atoms with Crippen LogP contribution < -0.4 is 10.1 Å². The molecule has 1 amide bonds. The molecule has 1 saturated heterocycles. The molecule has 2 aromatic heterocycles. The Labute approximate surface area is 199 Å². The number of carbonyl (C=O) groups is 1. The van der Waals surface area contributed by atoms with E-state index in [0.717, 1.165) is 28.3 Å². The Balaban J connectivity index is 1.48. The van der Waals surface area contributed by atoms with Gasteiger partial charge in [0.1, 0.15) is 11.5 Å². The molecule has 9 heteroatoms. The summed E-state index contributed by atoms with van der Waals surface area (Å²) >= 11 is 1.21. The van der Waals surface area contributed by atoms with Crippen molar-refractivity contribution in [2.24, 2.45) is 10.2 Å². The molecule has 1 aliphatic heterocycles. The molecule has 0 aliphatic carbocycles. The molecule has 0 saturated carbocycles. The van der Waals surface area contributed by atoms with Gasteiger partial charge in [-0.25, -0.2) is 4.68 Å². The van der Waals surface area contributed by atoms with Crippen LogP contribution in [0.4, 0.5) is 0 Å². The van der Waals surface area contributed by atoms with Gasteiger partial charge in [-0.15, -0.1) is 5.10 Å². The highest BCUT2D eigenvalue weighted by atomic mass is 32.2. The summed E-state index contributed by atoms with van der Waals surface area (Å²) in [4.78, 5) is 13.1. The number of thioether (sulfide) groups is 1. The summed E-state index contributed by atoms with van der Waals surface area (Å²) in [5, 5.41) is 16.0. The summed E-state index contributed by atoms with van der Waals surface area (Å²) in [6.07, 6.45) is 6.75. The number of methoxy groups -OCH3 is 1. The number of furan rings is 1. The van der Waals surface area contributed by atoms with E-state index in [2.05, 4.69) is 15.5 Å². The molecule has 168 valence electrons. The van der Waals surface area contributed by atoms with Crippen LogP contribution in [-0.4, -0.2) is 34.2 Å². The predicted octanol–water partition coefficient (Wildman–Crippen LogP) is 4.73. The predicted molar refractivity (Wildman–Crippen MR) is 133 cm³/mol. The number of amides is 1. The van der Waals surface area contributed by atoms with E-state index in [1.54, 1.807) is 30.2 Å². The van der Waals surface area contributed by atoms with Gasteiger partial charge in [-0.2, -0.15) is 10.2 Å². The zero-order valence-electron chi connectivity index (χ0n) is 18.1. The van der Waals surface area contributed by atoms with Crippen LogP contribution in [0.3, 0.4) is 0 Å². The number of ether oxygens (including phenoxy) is 1. The molecule has 4 aromatic rings. The third-order valence-electron chi connectivity index (χ3n) is 4.94. The van der Waals surface area contributed by atoms with E-state index >= 15 is 0 Å². The second-order valence-corrected chi connectivity index (χ2v) is 8.20. The Kier molecular flexibility index (Phi) is 6.09. The Hall–Kier alpha value is -4.37. The number of carbonyl (C=O) groups excluding carboxylic acids is 1. The monoisotopic (exact) mass is 469 g/mol. The molecule has 0 atom stereocenters. The fourth-order valence-corrected chi connectivity index (χ4v) is 4.07. The summed E-state index contributed by atoms with van der Waals surface area (Å²) in [6.45, 7) is 0. The SMILES string of the molecule is COc1ccc(-c2nn(-c3ccccc3)cc2/C=C2/S/C(=N/N=C/c3ccco3)NC2=O)cc1. The van der Waals surface area contributed by atoms with Crippen LogP contribution in [0.2, 0.25) is 0 Å². The lowest BCUT2D eigenvalue weighted by atomic mass is 10.1. The van der Waals surface area contributed by atoms with Gasteiger partial charge in [0, 0.05) is 17.3 Å². The van der Waals surface area contributed by atoms with Crippen LogP contribution in [0, 0.1) is 0 Å². The van der Waals surface area contributed by atoms with Crippen molar-refractivity contribution in [3.63, 3.8) is 0 Å². The zero-order chi connectivity index (χ0) is 23.3. The number of para-hydroxylation sites is 1. The molecule has 1 aliphatic rings. The molecule has 0 unspecified atom stereocenters. The highest BCUT2D eigenvalue weighted by molar-refractivity contribution is 8.18. The summed E-state index contributed by atoms with van der Waals surface area (Å²) in [7, 11) is 1.63. The van der Waals surface area contributed by atoms with Gasteiger partial charge >= 0.3 is 0 Å². The molecule has 1 fully saturated rings. The van der Waals surface area contributed by atoms with Gasteiger partial charge in [-0.3, -0.25) is 10.1 Å². The average molecular weight is 470 g/mol. The molecule has 0 radical (unpaired) electrons. The van der Waals surface area contributed by atoms with Crippen LogP contribution in [0.1, 0.15) is 11.3 Å². The van der Waals surface area contributed by atoms with E-state index in [1.165, 1.54) is 18.0 Å². The van der Waals surface area contributed by atoms with Crippen LogP contribution in [-0.2, 0) is 4.79 Å². The Morgan fingerprint density at radius 1 is 1.09 bits per heavy atom. The summed E-state index contributed by atoms with van der Waals surface area (Å²) < 4.78 is 12.3. The molecule has 1 N–H and O–H groups in total.